The first kappa shape index (κ1) is 12.7. The van der Waals surface area contributed by atoms with Gasteiger partial charge in [0.05, 0.1) is 11.0 Å². The van der Waals surface area contributed by atoms with Gasteiger partial charge in [-0.2, -0.15) is 0 Å². The average molecular weight is 323 g/mol. The normalized spacial score (nSPS) is 15.7. The Balaban J connectivity index is 2.21. The number of benzene rings is 1. The quantitative estimate of drug-likeness (QED) is 0.798. The average Bonchev–Trinajstić information content (AvgIpc) is 2.51. The summed E-state index contributed by atoms with van der Waals surface area (Å²) in [7, 11) is 3.47. The van der Waals surface area contributed by atoms with E-state index in [1.54, 1.807) is 23.2 Å². The van der Waals surface area contributed by atoms with Crippen molar-refractivity contribution in [1.29, 1.82) is 0 Å². The summed E-state index contributed by atoms with van der Waals surface area (Å²) in [5.74, 6) is 0.353. The van der Waals surface area contributed by atoms with Crippen LogP contribution in [0.1, 0.15) is 29.6 Å². The monoisotopic (exact) mass is 322 g/mol. The first-order valence-electron chi connectivity index (χ1n) is 6.40. The highest BCUT2D eigenvalue weighted by Gasteiger charge is 2.28. The first-order chi connectivity index (χ1) is 9.00. The number of halogens is 1. The van der Waals surface area contributed by atoms with Crippen molar-refractivity contribution >= 4 is 32.7 Å². The van der Waals surface area contributed by atoms with Gasteiger partial charge in [0, 0.05) is 30.0 Å². The maximum Gasteiger partial charge on any atom is 0.328 e. The molecule has 1 fully saturated rings. The molecule has 19 heavy (non-hydrogen) atoms. The number of hydrogen-bond donors (Lipinski definition) is 0. The lowest BCUT2D eigenvalue weighted by atomic mass is 9.80. The van der Waals surface area contributed by atoms with Crippen molar-refractivity contribution in [3.8, 4) is 0 Å². The highest BCUT2D eigenvalue weighted by Crippen LogP contribution is 2.33. The Bertz CT molecular complexity index is 738. The van der Waals surface area contributed by atoms with Crippen LogP contribution in [0.3, 0.4) is 0 Å². The molecule has 3 rings (SSSR count). The van der Waals surface area contributed by atoms with Crippen molar-refractivity contribution in [2.45, 2.75) is 19.3 Å². The molecule has 0 aliphatic heterocycles. The van der Waals surface area contributed by atoms with Crippen LogP contribution >= 0.6 is 15.9 Å². The van der Waals surface area contributed by atoms with Crippen LogP contribution in [0.15, 0.2) is 21.4 Å². The van der Waals surface area contributed by atoms with Crippen LogP contribution in [0.4, 0.5) is 0 Å². The number of rotatable bonds is 2. The van der Waals surface area contributed by atoms with Crippen LogP contribution in [0.5, 0.6) is 0 Å². The van der Waals surface area contributed by atoms with E-state index in [1.807, 2.05) is 12.1 Å². The number of ketones is 1. The van der Waals surface area contributed by atoms with E-state index in [1.165, 1.54) is 0 Å². The van der Waals surface area contributed by atoms with Crippen LogP contribution < -0.4 is 5.69 Å². The Morgan fingerprint density at radius 3 is 2.32 bits per heavy atom. The fourth-order valence-corrected chi connectivity index (χ4v) is 3.13. The molecule has 1 aromatic carbocycles. The van der Waals surface area contributed by atoms with Gasteiger partial charge in [0.2, 0.25) is 0 Å². The van der Waals surface area contributed by atoms with Gasteiger partial charge in [-0.3, -0.25) is 13.9 Å². The molecule has 0 spiro atoms. The van der Waals surface area contributed by atoms with Crippen molar-refractivity contribution in [1.82, 2.24) is 9.13 Å². The zero-order chi connectivity index (χ0) is 13.7. The summed E-state index contributed by atoms with van der Waals surface area (Å²) in [6.45, 7) is 0. The molecule has 0 radical (unpaired) electrons. The Hall–Kier alpha value is -1.36. The molecule has 0 N–H and O–H groups in total. The first-order valence-corrected chi connectivity index (χ1v) is 7.19. The zero-order valence-corrected chi connectivity index (χ0v) is 12.5. The van der Waals surface area contributed by atoms with Crippen LogP contribution in [-0.2, 0) is 14.1 Å². The molecule has 100 valence electrons. The third-order valence-electron chi connectivity index (χ3n) is 4.10. The van der Waals surface area contributed by atoms with Crippen LogP contribution in [0.2, 0.25) is 0 Å². The lowest BCUT2D eigenvalue weighted by Gasteiger charge is -2.24. The number of fused-ring (bicyclic) bond motifs is 1. The van der Waals surface area contributed by atoms with Crippen LogP contribution in [-0.4, -0.2) is 14.9 Å². The fraction of sp³-hybridized carbons (Fsp3) is 0.429. The number of carbonyl (C=O) groups excluding carboxylic acids is 1. The number of imidazole rings is 1. The number of carbonyl (C=O) groups is 1. The van der Waals surface area contributed by atoms with E-state index < -0.39 is 0 Å². The summed E-state index contributed by atoms with van der Waals surface area (Å²) in [6.07, 6.45) is 3.11. The largest absolute Gasteiger partial charge is 0.328 e. The third-order valence-corrected chi connectivity index (χ3v) is 4.76. The van der Waals surface area contributed by atoms with Crippen molar-refractivity contribution in [2.75, 3.05) is 0 Å². The molecule has 4 nitrogen and oxygen atoms in total. The summed E-state index contributed by atoms with van der Waals surface area (Å²) in [4.78, 5) is 24.3. The van der Waals surface area contributed by atoms with Crippen molar-refractivity contribution in [3.63, 3.8) is 0 Å². The van der Waals surface area contributed by atoms with Gasteiger partial charge in [0.25, 0.3) is 0 Å². The van der Waals surface area contributed by atoms with E-state index in [2.05, 4.69) is 15.9 Å². The van der Waals surface area contributed by atoms with Crippen molar-refractivity contribution < 1.29 is 4.79 Å². The maximum atomic E-state index is 12.4. The summed E-state index contributed by atoms with van der Waals surface area (Å²) >= 11 is 3.46. The van der Waals surface area contributed by atoms with E-state index in [0.29, 0.717) is 5.56 Å². The number of nitrogens with zero attached hydrogens (tertiary/aromatic N) is 2. The van der Waals surface area contributed by atoms with Gasteiger partial charge in [-0.15, -0.1) is 0 Å². The summed E-state index contributed by atoms with van der Waals surface area (Å²) in [5, 5.41) is 0. The lowest BCUT2D eigenvalue weighted by molar-refractivity contribution is 0.0854. The molecular weight excluding hydrogens is 308 g/mol. The topological polar surface area (TPSA) is 44.0 Å². The molecule has 0 bridgehead atoms. The molecule has 1 aliphatic carbocycles. The molecule has 2 aromatic rings. The predicted octanol–water partition coefficient (Wildman–Crippen LogP) is 2.62. The van der Waals surface area contributed by atoms with E-state index in [-0.39, 0.29) is 17.4 Å². The second-order valence-corrected chi connectivity index (χ2v) is 6.07. The maximum absolute atomic E-state index is 12.4. The minimum Gasteiger partial charge on any atom is -0.295 e. The second kappa shape index (κ2) is 4.34. The van der Waals surface area contributed by atoms with Gasteiger partial charge in [-0.1, -0.05) is 6.42 Å². The SMILES string of the molecule is Cn1c(=O)n(C)c2cc(C(=O)C3CCC3)c(Br)cc21. The minimum atomic E-state index is -0.0739. The summed E-state index contributed by atoms with van der Waals surface area (Å²) < 4.78 is 3.95. The molecule has 1 aliphatic rings. The number of aryl methyl sites for hydroxylation is 2. The standard InChI is InChI=1S/C14H15BrN2O2/c1-16-11-6-9(13(18)8-4-3-5-8)10(15)7-12(11)17(2)14(16)19/h6-8H,3-5H2,1-2H3. The van der Waals surface area contributed by atoms with Gasteiger partial charge in [-0.05, 0) is 40.9 Å². The predicted molar refractivity (Wildman–Crippen MR) is 77.5 cm³/mol. The Morgan fingerprint density at radius 1 is 1.21 bits per heavy atom. The molecule has 1 saturated carbocycles. The highest BCUT2D eigenvalue weighted by molar-refractivity contribution is 9.10. The van der Waals surface area contributed by atoms with Crippen LogP contribution in [0.25, 0.3) is 11.0 Å². The number of Topliss-reactive ketones (excluding diaryl/α,β-unsaturated/α-hetero) is 1. The van der Waals surface area contributed by atoms with Gasteiger partial charge >= 0.3 is 5.69 Å². The van der Waals surface area contributed by atoms with Gasteiger partial charge < -0.3 is 0 Å². The molecule has 5 heteroatoms. The van der Waals surface area contributed by atoms with Gasteiger partial charge in [-0.25, -0.2) is 4.79 Å². The molecule has 0 saturated heterocycles. The Labute approximate surface area is 119 Å². The molecule has 0 amide bonds. The van der Waals surface area contributed by atoms with Crippen molar-refractivity contribution in [2.24, 2.45) is 20.0 Å². The molecule has 1 aromatic heterocycles. The smallest absolute Gasteiger partial charge is 0.295 e. The molecule has 1 heterocycles. The van der Waals surface area contributed by atoms with Gasteiger partial charge in [0.1, 0.15) is 0 Å². The van der Waals surface area contributed by atoms with Gasteiger partial charge in [0.15, 0.2) is 5.78 Å². The number of hydrogen-bond acceptors (Lipinski definition) is 2. The highest BCUT2D eigenvalue weighted by atomic mass is 79.9. The number of aromatic nitrogens is 2. The second-order valence-electron chi connectivity index (χ2n) is 5.21. The molecule has 0 atom stereocenters. The summed E-state index contributed by atoms with van der Waals surface area (Å²) in [5.41, 5.74) is 2.26. The van der Waals surface area contributed by atoms with E-state index in [0.717, 1.165) is 34.8 Å². The lowest BCUT2D eigenvalue weighted by Crippen LogP contribution is -2.22. The van der Waals surface area contributed by atoms with E-state index >= 15 is 0 Å². The fourth-order valence-electron chi connectivity index (χ4n) is 2.60. The third kappa shape index (κ3) is 1.79. The van der Waals surface area contributed by atoms with Crippen LogP contribution in [0, 0.1) is 5.92 Å². The Kier molecular flexibility index (Phi) is 2.89. The molecule has 0 unspecified atom stereocenters. The van der Waals surface area contributed by atoms with E-state index in [9.17, 15) is 9.59 Å². The molecular formula is C14H15BrN2O2. The van der Waals surface area contributed by atoms with Crippen molar-refractivity contribution in [3.05, 3.63) is 32.7 Å². The summed E-state index contributed by atoms with van der Waals surface area (Å²) in [6, 6.07) is 3.70. The Morgan fingerprint density at radius 2 is 1.79 bits per heavy atom. The minimum absolute atomic E-state index is 0.0739. The zero-order valence-electron chi connectivity index (χ0n) is 10.9. The van der Waals surface area contributed by atoms with E-state index in [4.69, 9.17) is 0 Å².